The molecule has 11 heavy (non-hydrogen) atoms. The van der Waals surface area contributed by atoms with Gasteiger partial charge in [0.15, 0.2) is 6.29 Å². The summed E-state index contributed by atoms with van der Waals surface area (Å²) in [6.07, 6.45) is 1.51. The maximum atomic E-state index is 5.60. The Bertz CT molecular complexity index is 125. The molecule has 0 N–H and O–H groups in total. The topological polar surface area (TPSA) is 18.5 Å². The first kappa shape index (κ1) is 9.01. The van der Waals surface area contributed by atoms with Gasteiger partial charge in [-0.1, -0.05) is 13.8 Å². The summed E-state index contributed by atoms with van der Waals surface area (Å²) >= 11 is 0. The fourth-order valence-corrected chi connectivity index (χ4v) is 1.69. The second-order valence-corrected chi connectivity index (χ2v) is 3.62. The van der Waals surface area contributed by atoms with Gasteiger partial charge in [-0.15, -0.1) is 0 Å². The summed E-state index contributed by atoms with van der Waals surface area (Å²) in [5.41, 5.74) is 0. The molecule has 2 nitrogen and oxygen atoms in total. The molecule has 0 aromatic carbocycles. The van der Waals surface area contributed by atoms with Crippen molar-refractivity contribution in [2.24, 2.45) is 11.8 Å². The van der Waals surface area contributed by atoms with Gasteiger partial charge in [0, 0.05) is 13.0 Å². The van der Waals surface area contributed by atoms with Gasteiger partial charge in [0.1, 0.15) is 0 Å². The van der Waals surface area contributed by atoms with Crippen LogP contribution in [0.2, 0.25) is 0 Å². The van der Waals surface area contributed by atoms with Gasteiger partial charge < -0.3 is 9.47 Å². The fourth-order valence-electron chi connectivity index (χ4n) is 1.69. The van der Waals surface area contributed by atoms with E-state index in [9.17, 15) is 0 Å². The smallest absolute Gasteiger partial charge is 0.160 e. The highest BCUT2D eigenvalue weighted by atomic mass is 16.7. The summed E-state index contributed by atoms with van der Waals surface area (Å²) in [6, 6.07) is 0. The van der Waals surface area contributed by atoms with Gasteiger partial charge in [0.25, 0.3) is 0 Å². The van der Waals surface area contributed by atoms with Crippen molar-refractivity contribution in [3.05, 3.63) is 0 Å². The second-order valence-electron chi connectivity index (χ2n) is 3.62. The molecule has 0 bridgehead atoms. The van der Waals surface area contributed by atoms with Crippen LogP contribution in [0.1, 0.15) is 27.2 Å². The lowest BCUT2D eigenvalue weighted by Gasteiger charge is -2.36. The van der Waals surface area contributed by atoms with E-state index in [1.165, 1.54) is 0 Å². The van der Waals surface area contributed by atoms with Crippen molar-refractivity contribution >= 4 is 0 Å². The van der Waals surface area contributed by atoms with Crippen molar-refractivity contribution in [1.82, 2.24) is 0 Å². The second kappa shape index (κ2) is 3.55. The van der Waals surface area contributed by atoms with E-state index in [-0.39, 0.29) is 6.29 Å². The van der Waals surface area contributed by atoms with Crippen LogP contribution >= 0.6 is 0 Å². The third-order valence-corrected chi connectivity index (χ3v) is 2.63. The van der Waals surface area contributed by atoms with Gasteiger partial charge in [-0.3, -0.25) is 0 Å². The van der Waals surface area contributed by atoms with Crippen molar-refractivity contribution in [1.29, 1.82) is 0 Å². The van der Waals surface area contributed by atoms with Crippen LogP contribution in [-0.2, 0) is 9.47 Å². The highest BCUT2D eigenvalue weighted by Crippen LogP contribution is 2.29. The molecule has 1 heterocycles. The summed E-state index contributed by atoms with van der Waals surface area (Å²) in [6.45, 7) is 6.55. The minimum atomic E-state index is 0.00810. The molecule has 1 saturated heterocycles. The highest BCUT2D eigenvalue weighted by molar-refractivity contribution is 4.74. The Morgan fingerprint density at radius 1 is 1.27 bits per heavy atom. The van der Waals surface area contributed by atoms with E-state index < -0.39 is 0 Å². The summed E-state index contributed by atoms with van der Waals surface area (Å²) < 4.78 is 10.8. The van der Waals surface area contributed by atoms with Crippen LogP contribution in [0.4, 0.5) is 0 Å². The standard InChI is InChI=1S/C9H18O2/c1-6-5-7(2)11-9(10-4)8(6)3/h6-9H,5H2,1-4H3/t6-,7?,8?,9-/m0/s1. The Hall–Kier alpha value is -0.0800. The molecule has 2 unspecified atom stereocenters. The minimum Gasteiger partial charge on any atom is -0.356 e. The van der Waals surface area contributed by atoms with Crippen LogP contribution in [0.25, 0.3) is 0 Å². The van der Waals surface area contributed by atoms with Gasteiger partial charge in [-0.25, -0.2) is 0 Å². The molecule has 0 aromatic rings. The number of ether oxygens (including phenoxy) is 2. The predicted molar refractivity (Wildman–Crippen MR) is 44.3 cm³/mol. The van der Waals surface area contributed by atoms with Crippen LogP contribution in [0.5, 0.6) is 0 Å². The summed E-state index contributed by atoms with van der Waals surface area (Å²) in [5.74, 6) is 1.24. The van der Waals surface area contributed by atoms with Gasteiger partial charge in [-0.2, -0.15) is 0 Å². The molecule has 4 atom stereocenters. The lowest BCUT2D eigenvalue weighted by molar-refractivity contribution is -0.214. The Balaban J connectivity index is 2.51. The van der Waals surface area contributed by atoms with Crippen molar-refractivity contribution < 1.29 is 9.47 Å². The Kier molecular flexibility index (Phi) is 2.90. The first-order valence-corrected chi connectivity index (χ1v) is 4.33. The number of hydrogen-bond donors (Lipinski definition) is 0. The number of methoxy groups -OCH3 is 1. The zero-order chi connectivity index (χ0) is 8.43. The average Bonchev–Trinajstić information content (AvgIpc) is 1.96. The van der Waals surface area contributed by atoms with Crippen molar-refractivity contribution in [3.8, 4) is 0 Å². The Morgan fingerprint density at radius 2 is 1.91 bits per heavy atom. The molecular weight excluding hydrogens is 140 g/mol. The van der Waals surface area contributed by atoms with E-state index in [0.717, 1.165) is 6.42 Å². The molecule has 0 saturated carbocycles. The molecule has 0 aromatic heterocycles. The Morgan fingerprint density at radius 3 is 2.45 bits per heavy atom. The third kappa shape index (κ3) is 1.94. The van der Waals surface area contributed by atoms with Crippen LogP contribution in [0.3, 0.4) is 0 Å². The van der Waals surface area contributed by atoms with E-state index in [1.807, 2.05) is 0 Å². The van der Waals surface area contributed by atoms with Gasteiger partial charge >= 0.3 is 0 Å². The largest absolute Gasteiger partial charge is 0.356 e. The van der Waals surface area contributed by atoms with E-state index in [2.05, 4.69) is 20.8 Å². The van der Waals surface area contributed by atoms with Gasteiger partial charge in [0.2, 0.25) is 0 Å². The molecule has 1 rings (SSSR count). The summed E-state index contributed by atoms with van der Waals surface area (Å²) in [4.78, 5) is 0. The molecule has 1 aliphatic heterocycles. The summed E-state index contributed by atoms with van der Waals surface area (Å²) in [5, 5.41) is 0. The zero-order valence-electron chi connectivity index (χ0n) is 7.83. The lowest BCUT2D eigenvalue weighted by atomic mass is 9.88. The molecule has 0 aliphatic carbocycles. The van der Waals surface area contributed by atoms with E-state index in [1.54, 1.807) is 7.11 Å². The molecule has 1 fully saturated rings. The van der Waals surface area contributed by atoms with Crippen LogP contribution in [-0.4, -0.2) is 19.5 Å². The highest BCUT2D eigenvalue weighted by Gasteiger charge is 2.31. The molecule has 2 heteroatoms. The van der Waals surface area contributed by atoms with Gasteiger partial charge in [-0.05, 0) is 19.3 Å². The fraction of sp³-hybridized carbons (Fsp3) is 1.00. The molecule has 0 spiro atoms. The van der Waals surface area contributed by atoms with E-state index in [0.29, 0.717) is 17.9 Å². The van der Waals surface area contributed by atoms with E-state index in [4.69, 9.17) is 9.47 Å². The predicted octanol–water partition coefficient (Wildman–Crippen LogP) is 2.04. The molecular formula is C9H18O2. The Labute approximate surface area is 68.9 Å². The first-order chi connectivity index (χ1) is 5.15. The third-order valence-electron chi connectivity index (χ3n) is 2.63. The van der Waals surface area contributed by atoms with Crippen molar-refractivity contribution in [2.45, 2.75) is 39.6 Å². The van der Waals surface area contributed by atoms with E-state index >= 15 is 0 Å². The molecule has 0 amide bonds. The van der Waals surface area contributed by atoms with Crippen LogP contribution < -0.4 is 0 Å². The van der Waals surface area contributed by atoms with Crippen LogP contribution in [0, 0.1) is 11.8 Å². The quantitative estimate of drug-likeness (QED) is 0.581. The van der Waals surface area contributed by atoms with Crippen LogP contribution in [0.15, 0.2) is 0 Å². The normalized spacial score (nSPS) is 45.8. The first-order valence-electron chi connectivity index (χ1n) is 4.33. The number of rotatable bonds is 1. The van der Waals surface area contributed by atoms with Crippen molar-refractivity contribution in [2.75, 3.05) is 7.11 Å². The lowest BCUT2D eigenvalue weighted by Crippen LogP contribution is -2.38. The maximum absolute atomic E-state index is 5.60. The SMILES string of the molecule is CO[C@H]1OC(C)C[C@H](C)C1C. The molecule has 1 aliphatic rings. The number of hydrogen-bond acceptors (Lipinski definition) is 2. The monoisotopic (exact) mass is 158 g/mol. The maximum Gasteiger partial charge on any atom is 0.160 e. The average molecular weight is 158 g/mol. The summed E-state index contributed by atoms with van der Waals surface area (Å²) in [7, 11) is 1.71. The minimum absolute atomic E-state index is 0.00810. The van der Waals surface area contributed by atoms with Gasteiger partial charge in [0.05, 0.1) is 6.10 Å². The molecule has 0 radical (unpaired) electrons. The molecule has 66 valence electrons. The zero-order valence-corrected chi connectivity index (χ0v) is 7.83. The van der Waals surface area contributed by atoms with Crippen molar-refractivity contribution in [3.63, 3.8) is 0 Å².